The van der Waals surface area contributed by atoms with E-state index in [-0.39, 0.29) is 5.82 Å². The molecule has 0 bridgehead atoms. The lowest BCUT2D eigenvalue weighted by Crippen LogP contribution is -2.00. The topological polar surface area (TPSA) is 38.0 Å². The van der Waals surface area contributed by atoms with E-state index in [1.165, 1.54) is 6.07 Å². The summed E-state index contributed by atoms with van der Waals surface area (Å²) in [4.78, 5) is 0. The molecule has 0 fully saturated rings. The molecule has 2 aromatic carbocycles. The number of hydrogen-bond donors (Lipinski definition) is 2. The summed E-state index contributed by atoms with van der Waals surface area (Å²) in [6.45, 7) is 0. The minimum atomic E-state index is -0.273. The Morgan fingerprint density at radius 2 is 1.75 bits per heavy atom. The number of rotatable bonds is 2. The van der Waals surface area contributed by atoms with E-state index in [0.717, 1.165) is 5.56 Å². The minimum Gasteiger partial charge on any atom is -0.397 e. The quantitative estimate of drug-likeness (QED) is 0.757. The normalized spacial score (nSPS) is 10.1. The van der Waals surface area contributed by atoms with Crippen molar-refractivity contribution in [2.24, 2.45) is 0 Å². The first kappa shape index (κ1) is 10.5. The predicted molar refractivity (Wildman–Crippen MR) is 65.8 cm³/mol. The Kier molecular flexibility index (Phi) is 2.77. The fourth-order valence-corrected chi connectivity index (χ4v) is 1.75. The summed E-state index contributed by atoms with van der Waals surface area (Å²) in [5.74, 6) is -0.273. The van der Waals surface area contributed by atoms with Crippen LogP contribution in [0.2, 0.25) is 0 Å². The van der Waals surface area contributed by atoms with Crippen molar-refractivity contribution in [3.8, 4) is 11.1 Å². The lowest BCUT2D eigenvalue weighted by molar-refractivity contribution is 0.632. The van der Waals surface area contributed by atoms with Crippen LogP contribution in [-0.4, -0.2) is 7.05 Å². The highest BCUT2D eigenvalue weighted by molar-refractivity contribution is 5.86. The molecule has 0 aliphatic heterocycles. The summed E-state index contributed by atoms with van der Waals surface area (Å²) in [7, 11) is 1.73. The maximum atomic E-state index is 13.8. The Bertz CT molecular complexity index is 495. The molecule has 0 atom stereocenters. The van der Waals surface area contributed by atoms with Gasteiger partial charge in [0.05, 0.1) is 11.4 Å². The van der Waals surface area contributed by atoms with Crippen LogP contribution in [0.15, 0.2) is 42.5 Å². The van der Waals surface area contributed by atoms with Gasteiger partial charge in [-0.15, -0.1) is 0 Å². The van der Waals surface area contributed by atoms with Crippen LogP contribution in [-0.2, 0) is 0 Å². The summed E-state index contributed by atoms with van der Waals surface area (Å²) in [5, 5.41) is 2.94. The molecule has 2 nitrogen and oxygen atoms in total. The maximum Gasteiger partial charge on any atom is 0.133 e. The average molecular weight is 216 g/mol. The van der Waals surface area contributed by atoms with Crippen LogP contribution in [0.4, 0.5) is 15.8 Å². The molecule has 0 aromatic heterocycles. The van der Waals surface area contributed by atoms with Crippen LogP contribution >= 0.6 is 0 Å². The molecule has 16 heavy (non-hydrogen) atoms. The molecule has 0 aliphatic rings. The van der Waals surface area contributed by atoms with Gasteiger partial charge in [0, 0.05) is 12.6 Å². The Morgan fingerprint density at radius 3 is 2.38 bits per heavy atom. The molecule has 0 spiro atoms. The average Bonchev–Trinajstić information content (AvgIpc) is 2.33. The van der Waals surface area contributed by atoms with Gasteiger partial charge in [-0.1, -0.05) is 30.3 Å². The second-order valence-corrected chi connectivity index (χ2v) is 3.50. The van der Waals surface area contributed by atoms with E-state index in [4.69, 9.17) is 5.73 Å². The first-order chi connectivity index (χ1) is 7.74. The Hall–Kier alpha value is -2.03. The monoisotopic (exact) mass is 216 g/mol. The van der Waals surface area contributed by atoms with Crippen molar-refractivity contribution >= 4 is 11.4 Å². The van der Waals surface area contributed by atoms with Crippen LogP contribution in [0.25, 0.3) is 11.1 Å². The summed E-state index contributed by atoms with van der Waals surface area (Å²) in [6.07, 6.45) is 0. The Morgan fingerprint density at radius 1 is 1.06 bits per heavy atom. The Balaban J connectivity index is 2.68. The van der Waals surface area contributed by atoms with Crippen molar-refractivity contribution in [3.63, 3.8) is 0 Å². The van der Waals surface area contributed by atoms with Crippen LogP contribution in [0.5, 0.6) is 0 Å². The van der Waals surface area contributed by atoms with E-state index in [0.29, 0.717) is 16.9 Å². The molecule has 2 aromatic rings. The summed E-state index contributed by atoms with van der Waals surface area (Å²) >= 11 is 0. The highest BCUT2D eigenvalue weighted by Gasteiger charge is 2.12. The van der Waals surface area contributed by atoms with Crippen molar-refractivity contribution in [1.82, 2.24) is 0 Å². The van der Waals surface area contributed by atoms with Crippen molar-refractivity contribution in [2.75, 3.05) is 18.1 Å². The summed E-state index contributed by atoms with van der Waals surface area (Å²) in [6, 6.07) is 12.3. The van der Waals surface area contributed by atoms with Gasteiger partial charge in [-0.05, 0) is 17.7 Å². The van der Waals surface area contributed by atoms with Crippen molar-refractivity contribution in [3.05, 3.63) is 48.3 Å². The third-order valence-electron chi connectivity index (χ3n) is 2.50. The van der Waals surface area contributed by atoms with E-state index < -0.39 is 0 Å². The van der Waals surface area contributed by atoms with E-state index in [9.17, 15) is 4.39 Å². The molecule has 0 amide bonds. The first-order valence-electron chi connectivity index (χ1n) is 5.05. The van der Waals surface area contributed by atoms with E-state index >= 15 is 0 Å². The second kappa shape index (κ2) is 4.23. The number of halogens is 1. The van der Waals surface area contributed by atoms with E-state index in [2.05, 4.69) is 5.32 Å². The zero-order valence-corrected chi connectivity index (χ0v) is 9.00. The first-order valence-corrected chi connectivity index (χ1v) is 5.05. The van der Waals surface area contributed by atoms with Gasteiger partial charge in [0.1, 0.15) is 5.82 Å². The number of nitrogens with one attached hydrogen (secondary N) is 1. The van der Waals surface area contributed by atoms with Gasteiger partial charge in [0.25, 0.3) is 0 Å². The molecular formula is C13H13FN2. The third kappa shape index (κ3) is 1.72. The van der Waals surface area contributed by atoms with Gasteiger partial charge in [-0.2, -0.15) is 0 Å². The van der Waals surface area contributed by atoms with Gasteiger partial charge >= 0.3 is 0 Å². The van der Waals surface area contributed by atoms with Crippen LogP contribution in [0.3, 0.4) is 0 Å². The van der Waals surface area contributed by atoms with Gasteiger partial charge in [0.15, 0.2) is 0 Å². The molecule has 3 heteroatoms. The highest BCUT2D eigenvalue weighted by atomic mass is 19.1. The van der Waals surface area contributed by atoms with Crippen LogP contribution in [0, 0.1) is 5.82 Å². The molecule has 0 saturated heterocycles. The molecule has 82 valence electrons. The zero-order valence-electron chi connectivity index (χ0n) is 9.00. The predicted octanol–water partition coefficient (Wildman–Crippen LogP) is 3.12. The number of anilines is 2. The molecule has 0 unspecified atom stereocenters. The Labute approximate surface area is 93.9 Å². The standard InChI is InChI=1S/C13H13FN2/c1-16-13-11(15)8-7-10(14)12(13)9-5-3-2-4-6-9/h2-8,16H,15H2,1H3. The lowest BCUT2D eigenvalue weighted by atomic mass is 10.0. The maximum absolute atomic E-state index is 13.8. The fraction of sp³-hybridized carbons (Fsp3) is 0.0769. The van der Waals surface area contributed by atoms with Crippen LogP contribution in [0.1, 0.15) is 0 Å². The zero-order chi connectivity index (χ0) is 11.5. The molecule has 0 saturated carbocycles. The summed E-state index contributed by atoms with van der Waals surface area (Å²) < 4.78 is 13.8. The third-order valence-corrected chi connectivity index (χ3v) is 2.50. The lowest BCUT2D eigenvalue weighted by Gasteiger charge is -2.12. The second-order valence-electron chi connectivity index (χ2n) is 3.50. The summed E-state index contributed by atoms with van der Waals surface area (Å²) in [5.41, 5.74) is 8.32. The van der Waals surface area contributed by atoms with E-state index in [1.54, 1.807) is 13.1 Å². The largest absolute Gasteiger partial charge is 0.397 e. The highest BCUT2D eigenvalue weighted by Crippen LogP contribution is 2.34. The van der Waals surface area contributed by atoms with E-state index in [1.807, 2.05) is 30.3 Å². The number of hydrogen-bond acceptors (Lipinski definition) is 2. The van der Waals surface area contributed by atoms with Crippen molar-refractivity contribution < 1.29 is 4.39 Å². The smallest absolute Gasteiger partial charge is 0.133 e. The molecule has 3 N–H and O–H groups in total. The van der Waals surface area contributed by atoms with Crippen LogP contribution < -0.4 is 11.1 Å². The van der Waals surface area contributed by atoms with Gasteiger partial charge in [0.2, 0.25) is 0 Å². The minimum absolute atomic E-state index is 0.273. The van der Waals surface area contributed by atoms with Crippen molar-refractivity contribution in [2.45, 2.75) is 0 Å². The molecule has 0 radical (unpaired) electrons. The number of benzene rings is 2. The van der Waals surface area contributed by atoms with Crippen molar-refractivity contribution in [1.29, 1.82) is 0 Å². The molecule has 0 heterocycles. The molecule has 2 rings (SSSR count). The number of nitrogen functional groups attached to an aromatic ring is 1. The number of nitrogens with two attached hydrogens (primary N) is 1. The molecular weight excluding hydrogens is 203 g/mol. The SMILES string of the molecule is CNc1c(N)ccc(F)c1-c1ccccc1. The van der Waals surface area contributed by atoms with Gasteiger partial charge < -0.3 is 11.1 Å². The fourth-order valence-electron chi connectivity index (χ4n) is 1.75. The molecule has 0 aliphatic carbocycles. The van der Waals surface area contributed by atoms with Gasteiger partial charge in [-0.3, -0.25) is 0 Å². The van der Waals surface area contributed by atoms with Gasteiger partial charge in [-0.25, -0.2) is 4.39 Å².